The summed E-state index contributed by atoms with van der Waals surface area (Å²) in [6.45, 7) is -0.291. The maximum Gasteiger partial charge on any atom is 0.358 e. The third kappa shape index (κ3) is 3.55. The molecule has 1 aromatic carbocycles. The van der Waals surface area contributed by atoms with Crippen LogP contribution in [0.2, 0.25) is 0 Å². The molecule has 1 heterocycles. The first kappa shape index (κ1) is 13.5. The third-order valence-electron chi connectivity index (χ3n) is 2.39. The summed E-state index contributed by atoms with van der Waals surface area (Å²) in [7, 11) is 0. The second-order valence-corrected chi connectivity index (χ2v) is 3.86. The van der Waals surface area contributed by atoms with E-state index in [4.69, 9.17) is 9.84 Å². The van der Waals surface area contributed by atoms with E-state index in [1.165, 1.54) is 18.3 Å². The minimum absolute atomic E-state index is 0.0585. The molecule has 0 fully saturated rings. The van der Waals surface area contributed by atoms with Crippen LogP contribution in [-0.4, -0.2) is 28.6 Å². The SMILES string of the molecule is O=C(COc1cccnc1C(=O)O)Nc1ccccc1. The Kier molecular flexibility index (Phi) is 4.28. The van der Waals surface area contributed by atoms with Crippen LogP contribution in [0.3, 0.4) is 0 Å². The summed E-state index contributed by atoms with van der Waals surface area (Å²) in [5, 5.41) is 11.6. The van der Waals surface area contributed by atoms with Gasteiger partial charge in [-0.05, 0) is 24.3 Å². The van der Waals surface area contributed by atoms with E-state index < -0.39 is 5.97 Å². The van der Waals surface area contributed by atoms with Crippen LogP contribution in [0.4, 0.5) is 5.69 Å². The van der Waals surface area contributed by atoms with Gasteiger partial charge in [-0.15, -0.1) is 0 Å². The van der Waals surface area contributed by atoms with Gasteiger partial charge in [-0.25, -0.2) is 9.78 Å². The highest BCUT2D eigenvalue weighted by atomic mass is 16.5. The van der Waals surface area contributed by atoms with Crippen LogP contribution in [-0.2, 0) is 4.79 Å². The third-order valence-corrected chi connectivity index (χ3v) is 2.39. The summed E-state index contributed by atoms with van der Waals surface area (Å²) < 4.78 is 5.18. The predicted molar refractivity (Wildman–Crippen MR) is 71.8 cm³/mol. The van der Waals surface area contributed by atoms with Crippen LogP contribution in [0.1, 0.15) is 10.5 Å². The first-order valence-electron chi connectivity index (χ1n) is 5.83. The molecule has 6 heteroatoms. The first-order chi connectivity index (χ1) is 9.66. The summed E-state index contributed by atoms with van der Waals surface area (Å²) in [6.07, 6.45) is 1.35. The lowest BCUT2D eigenvalue weighted by molar-refractivity contribution is -0.118. The van der Waals surface area contributed by atoms with Gasteiger partial charge in [0.25, 0.3) is 5.91 Å². The standard InChI is InChI=1S/C14H12N2O4/c17-12(16-10-5-2-1-3-6-10)9-20-11-7-4-8-15-13(11)14(18)19/h1-8H,9H2,(H,16,17)(H,18,19). The number of para-hydroxylation sites is 1. The predicted octanol–water partition coefficient (Wildman–Crippen LogP) is 1.80. The number of ether oxygens (including phenoxy) is 1. The number of rotatable bonds is 5. The molecular weight excluding hydrogens is 260 g/mol. The number of anilines is 1. The number of benzene rings is 1. The second-order valence-electron chi connectivity index (χ2n) is 3.86. The molecule has 0 saturated carbocycles. The molecule has 0 aliphatic carbocycles. The van der Waals surface area contributed by atoms with Crippen LogP contribution in [0.5, 0.6) is 5.75 Å². The van der Waals surface area contributed by atoms with Crippen LogP contribution in [0.25, 0.3) is 0 Å². The van der Waals surface area contributed by atoms with Gasteiger partial charge in [0.2, 0.25) is 0 Å². The van der Waals surface area contributed by atoms with Crippen LogP contribution >= 0.6 is 0 Å². The van der Waals surface area contributed by atoms with E-state index >= 15 is 0 Å². The number of hydrogen-bond donors (Lipinski definition) is 2. The van der Waals surface area contributed by atoms with Gasteiger partial charge in [0.05, 0.1) is 0 Å². The van der Waals surface area contributed by atoms with Crippen molar-refractivity contribution in [2.75, 3.05) is 11.9 Å². The fourth-order valence-electron chi connectivity index (χ4n) is 1.53. The van der Waals surface area contributed by atoms with Crippen molar-refractivity contribution in [1.82, 2.24) is 4.98 Å². The molecule has 2 rings (SSSR count). The number of amides is 1. The largest absolute Gasteiger partial charge is 0.481 e. The van der Waals surface area contributed by atoms with E-state index in [0.717, 1.165) is 0 Å². The van der Waals surface area contributed by atoms with Crippen molar-refractivity contribution in [3.05, 3.63) is 54.4 Å². The number of aromatic carboxylic acids is 1. The minimum atomic E-state index is -1.20. The maximum absolute atomic E-state index is 11.7. The van der Waals surface area contributed by atoms with Gasteiger partial charge in [-0.1, -0.05) is 18.2 Å². The van der Waals surface area contributed by atoms with E-state index in [2.05, 4.69) is 10.3 Å². The average molecular weight is 272 g/mol. The zero-order valence-corrected chi connectivity index (χ0v) is 10.4. The Labute approximate surface area is 115 Å². The van der Waals surface area contributed by atoms with Crippen molar-refractivity contribution >= 4 is 17.6 Å². The Hall–Kier alpha value is -2.89. The highest BCUT2D eigenvalue weighted by Crippen LogP contribution is 2.15. The molecule has 0 aliphatic heterocycles. The Morgan fingerprint density at radius 2 is 1.90 bits per heavy atom. The molecule has 0 saturated heterocycles. The number of nitrogens with one attached hydrogen (secondary N) is 1. The Bertz CT molecular complexity index is 614. The van der Waals surface area contributed by atoms with E-state index in [0.29, 0.717) is 5.69 Å². The molecule has 2 aromatic rings. The molecule has 0 aliphatic rings. The molecule has 1 amide bonds. The van der Waals surface area contributed by atoms with Gasteiger partial charge in [0.1, 0.15) is 0 Å². The van der Waals surface area contributed by atoms with Crippen LogP contribution < -0.4 is 10.1 Å². The summed E-state index contributed by atoms with van der Waals surface area (Å²) >= 11 is 0. The number of pyridine rings is 1. The number of nitrogens with zero attached hydrogens (tertiary/aromatic N) is 1. The van der Waals surface area contributed by atoms with Gasteiger partial charge in [0.15, 0.2) is 18.1 Å². The molecule has 2 N–H and O–H groups in total. The molecule has 0 spiro atoms. The zero-order valence-electron chi connectivity index (χ0n) is 10.4. The van der Waals surface area contributed by atoms with E-state index in [9.17, 15) is 9.59 Å². The van der Waals surface area contributed by atoms with Gasteiger partial charge in [-0.2, -0.15) is 0 Å². The molecular formula is C14H12N2O4. The monoisotopic (exact) mass is 272 g/mol. The first-order valence-corrected chi connectivity index (χ1v) is 5.83. The van der Waals surface area contributed by atoms with Crippen molar-refractivity contribution in [3.63, 3.8) is 0 Å². The molecule has 0 atom stereocenters. The average Bonchev–Trinajstić information content (AvgIpc) is 2.46. The lowest BCUT2D eigenvalue weighted by Gasteiger charge is -2.08. The fraction of sp³-hybridized carbons (Fsp3) is 0.0714. The molecule has 102 valence electrons. The van der Waals surface area contributed by atoms with E-state index in [1.54, 1.807) is 24.3 Å². The van der Waals surface area contributed by atoms with E-state index in [-0.39, 0.29) is 24.0 Å². The van der Waals surface area contributed by atoms with Gasteiger partial charge < -0.3 is 15.2 Å². The smallest absolute Gasteiger partial charge is 0.358 e. The van der Waals surface area contributed by atoms with Crippen molar-refractivity contribution in [2.45, 2.75) is 0 Å². The normalized spacial score (nSPS) is 9.80. The van der Waals surface area contributed by atoms with E-state index in [1.807, 2.05) is 6.07 Å². The van der Waals surface area contributed by atoms with Crippen molar-refractivity contribution in [1.29, 1.82) is 0 Å². The van der Waals surface area contributed by atoms with Crippen molar-refractivity contribution < 1.29 is 19.4 Å². The maximum atomic E-state index is 11.7. The minimum Gasteiger partial charge on any atom is -0.481 e. The molecule has 20 heavy (non-hydrogen) atoms. The van der Waals surface area contributed by atoms with Crippen molar-refractivity contribution in [2.24, 2.45) is 0 Å². The number of carboxylic acids is 1. The molecule has 6 nitrogen and oxygen atoms in total. The summed E-state index contributed by atoms with van der Waals surface area (Å²) in [6, 6.07) is 11.9. The summed E-state index contributed by atoms with van der Waals surface area (Å²) in [5.74, 6) is -1.52. The van der Waals surface area contributed by atoms with Crippen molar-refractivity contribution in [3.8, 4) is 5.75 Å². The molecule has 1 aromatic heterocycles. The molecule has 0 radical (unpaired) electrons. The number of carboxylic acid groups (broad SMARTS) is 1. The summed E-state index contributed by atoms with van der Waals surface area (Å²) in [4.78, 5) is 26.3. The quantitative estimate of drug-likeness (QED) is 0.866. The topological polar surface area (TPSA) is 88.5 Å². The zero-order chi connectivity index (χ0) is 14.4. The van der Waals surface area contributed by atoms with Crippen LogP contribution in [0.15, 0.2) is 48.7 Å². The lowest BCUT2D eigenvalue weighted by atomic mass is 10.3. The Morgan fingerprint density at radius 1 is 1.15 bits per heavy atom. The highest BCUT2D eigenvalue weighted by Gasteiger charge is 2.13. The fourth-order valence-corrected chi connectivity index (χ4v) is 1.53. The number of aromatic nitrogens is 1. The van der Waals surface area contributed by atoms with Gasteiger partial charge in [-0.3, -0.25) is 4.79 Å². The summed E-state index contributed by atoms with van der Waals surface area (Å²) in [5.41, 5.74) is 0.422. The highest BCUT2D eigenvalue weighted by molar-refractivity contribution is 5.92. The number of carbonyl (C=O) groups excluding carboxylic acids is 1. The Morgan fingerprint density at radius 3 is 2.60 bits per heavy atom. The molecule has 0 unspecified atom stereocenters. The number of carbonyl (C=O) groups is 2. The van der Waals surface area contributed by atoms with Gasteiger partial charge in [0, 0.05) is 11.9 Å². The second kappa shape index (κ2) is 6.33. The van der Waals surface area contributed by atoms with Crippen LogP contribution in [0, 0.1) is 0 Å². The molecule has 0 bridgehead atoms. The lowest BCUT2D eigenvalue weighted by Crippen LogP contribution is -2.21. The Balaban J connectivity index is 1.96. The number of hydrogen-bond acceptors (Lipinski definition) is 4. The van der Waals surface area contributed by atoms with Gasteiger partial charge >= 0.3 is 5.97 Å².